The minimum Gasteiger partial charge on any atom is -0.507 e. The summed E-state index contributed by atoms with van der Waals surface area (Å²) in [5.74, 6) is -0.882. The van der Waals surface area contributed by atoms with Gasteiger partial charge in [0, 0.05) is 11.0 Å². The van der Waals surface area contributed by atoms with Crippen LogP contribution in [0.5, 0.6) is 5.75 Å². The largest absolute Gasteiger partial charge is 0.507 e. The number of phenols is 1. The van der Waals surface area contributed by atoms with E-state index in [1.54, 1.807) is 13.0 Å². The molecule has 1 aromatic rings. The summed E-state index contributed by atoms with van der Waals surface area (Å²) in [6.45, 7) is 2.19. The fourth-order valence-electron chi connectivity index (χ4n) is 1.21. The van der Waals surface area contributed by atoms with Gasteiger partial charge in [0.25, 0.3) is 5.91 Å². The second kappa shape index (κ2) is 6.24. The molecule has 0 unspecified atom stereocenters. The molecule has 0 saturated carbocycles. The van der Waals surface area contributed by atoms with Crippen molar-refractivity contribution in [1.29, 1.82) is 0 Å². The van der Waals surface area contributed by atoms with Crippen LogP contribution < -0.4 is 10.6 Å². The lowest BCUT2D eigenvalue weighted by Gasteiger charge is -2.07. The van der Waals surface area contributed by atoms with Gasteiger partial charge in [0.05, 0.1) is 12.1 Å². The molecule has 1 aromatic carbocycles. The van der Waals surface area contributed by atoms with Crippen molar-refractivity contribution in [3.05, 3.63) is 28.2 Å². The molecule has 0 spiro atoms. The van der Waals surface area contributed by atoms with Gasteiger partial charge < -0.3 is 15.7 Å². The number of hydrogen-bond donors (Lipinski definition) is 3. The van der Waals surface area contributed by atoms with Crippen LogP contribution in [0.3, 0.4) is 0 Å². The molecule has 1 rings (SSSR count). The summed E-state index contributed by atoms with van der Waals surface area (Å²) in [7, 11) is 0. The lowest BCUT2D eigenvalue weighted by Crippen LogP contribution is -2.36. The van der Waals surface area contributed by atoms with Crippen molar-refractivity contribution in [3.63, 3.8) is 0 Å². The molecule has 0 fully saturated rings. The van der Waals surface area contributed by atoms with Crippen molar-refractivity contribution in [2.45, 2.75) is 6.92 Å². The highest BCUT2D eigenvalue weighted by Gasteiger charge is 2.12. The number of halogens is 1. The highest BCUT2D eigenvalue weighted by molar-refractivity contribution is 9.10. The maximum atomic E-state index is 11.7. The average molecular weight is 301 g/mol. The Morgan fingerprint density at radius 2 is 2.06 bits per heavy atom. The number of hydrogen-bond acceptors (Lipinski definition) is 3. The van der Waals surface area contributed by atoms with Crippen LogP contribution in [0.15, 0.2) is 22.7 Å². The molecule has 0 aliphatic carbocycles. The van der Waals surface area contributed by atoms with E-state index < -0.39 is 5.91 Å². The first kappa shape index (κ1) is 13.5. The van der Waals surface area contributed by atoms with Crippen molar-refractivity contribution in [1.82, 2.24) is 10.6 Å². The van der Waals surface area contributed by atoms with Crippen molar-refractivity contribution in [3.8, 4) is 5.75 Å². The van der Waals surface area contributed by atoms with Gasteiger partial charge in [-0.15, -0.1) is 0 Å². The summed E-state index contributed by atoms with van der Waals surface area (Å²) >= 11 is 3.20. The Bertz CT molecular complexity index is 435. The number of carbonyl (C=O) groups is 2. The van der Waals surface area contributed by atoms with E-state index in [0.29, 0.717) is 11.0 Å². The molecule has 0 saturated heterocycles. The fourth-order valence-corrected chi connectivity index (χ4v) is 1.57. The van der Waals surface area contributed by atoms with E-state index in [1.165, 1.54) is 12.1 Å². The monoisotopic (exact) mass is 300 g/mol. The zero-order chi connectivity index (χ0) is 12.8. The van der Waals surface area contributed by atoms with Crippen molar-refractivity contribution >= 4 is 27.7 Å². The fraction of sp³-hybridized carbons (Fsp3) is 0.273. The third-order valence-electron chi connectivity index (χ3n) is 1.99. The first-order valence-corrected chi connectivity index (χ1v) is 5.87. The predicted molar refractivity (Wildman–Crippen MR) is 66.8 cm³/mol. The van der Waals surface area contributed by atoms with Crippen LogP contribution in [0.2, 0.25) is 0 Å². The highest BCUT2D eigenvalue weighted by Crippen LogP contribution is 2.21. The van der Waals surface area contributed by atoms with Crippen LogP contribution in [0.1, 0.15) is 17.3 Å². The van der Waals surface area contributed by atoms with Crippen LogP contribution in [-0.4, -0.2) is 30.0 Å². The molecular formula is C11H13BrN2O3. The summed E-state index contributed by atoms with van der Waals surface area (Å²) in [5, 5.41) is 14.5. The molecule has 0 aromatic heterocycles. The van der Waals surface area contributed by atoms with E-state index in [0.717, 1.165) is 0 Å². The van der Waals surface area contributed by atoms with Gasteiger partial charge in [0.2, 0.25) is 5.91 Å². The highest BCUT2D eigenvalue weighted by atomic mass is 79.9. The van der Waals surface area contributed by atoms with E-state index in [9.17, 15) is 14.7 Å². The van der Waals surface area contributed by atoms with Gasteiger partial charge in [-0.2, -0.15) is 0 Å². The maximum Gasteiger partial charge on any atom is 0.255 e. The molecule has 2 amide bonds. The molecule has 0 bridgehead atoms. The van der Waals surface area contributed by atoms with E-state index in [1.807, 2.05) is 0 Å². The SMILES string of the molecule is CCNC(=O)CNC(=O)c1cc(Br)ccc1O. The Labute approximate surface area is 107 Å². The minimum atomic E-state index is -0.491. The molecule has 0 radical (unpaired) electrons. The van der Waals surface area contributed by atoms with Crippen molar-refractivity contribution in [2.24, 2.45) is 0 Å². The molecule has 0 aliphatic rings. The molecule has 0 atom stereocenters. The Balaban J connectivity index is 2.64. The van der Waals surface area contributed by atoms with E-state index >= 15 is 0 Å². The minimum absolute atomic E-state index is 0.112. The lowest BCUT2D eigenvalue weighted by molar-refractivity contribution is -0.120. The van der Waals surface area contributed by atoms with Gasteiger partial charge in [0.15, 0.2) is 0 Å². The Morgan fingerprint density at radius 1 is 1.35 bits per heavy atom. The zero-order valence-electron chi connectivity index (χ0n) is 9.29. The number of nitrogens with one attached hydrogen (secondary N) is 2. The van der Waals surface area contributed by atoms with E-state index in [2.05, 4.69) is 26.6 Å². The molecule has 3 N–H and O–H groups in total. The Morgan fingerprint density at radius 3 is 2.71 bits per heavy atom. The quantitative estimate of drug-likeness (QED) is 0.777. The van der Waals surface area contributed by atoms with Crippen LogP contribution >= 0.6 is 15.9 Å². The van der Waals surface area contributed by atoms with Crippen molar-refractivity contribution in [2.75, 3.05) is 13.1 Å². The number of benzene rings is 1. The molecule has 92 valence electrons. The zero-order valence-corrected chi connectivity index (χ0v) is 10.9. The van der Waals surface area contributed by atoms with Gasteiger partial charge >= 0.3 is 0 Å². The molecule has 0 heterocycles. The van der Waals surface area contributed by atoms with Crippen LogP contribution in [0.25, 0.3) is 0 Å². The normalized spacial score (nSPS) is 9.76. The van der Waals surface area contributed by atoms with E-state index in [-0.39, 0.29) is 23.8 Å². The second-order valence-electron chi connectivity index (χ2n) is 3.30. The first-order valence-electron chi connectivity index (χ1n) is 5.08. The maximum absolute atomic E-state index is 11.7. The summed E-state index contributed by atoms with van der Waals surface area (Å²) in [5.41, 5.74) is 0.128. The summed E-state index contributed by atoms with van der Waals surface area (Å²) < 4.78 is 0.679. The number of carbonyl (C=O) groups excluding carboxylic acids is 2. The number of likely N-dealkylation sites (N-methyl/N-ethyl adjacent to an activating group) is 1. The Kier molecular flexibility index (Phi) is 4.96. The van der Waals surface area contributed by atoms with Crippen LogP contribution in [0.4, 0.5) is 0 Å². The summed E-state index contributed by atoms with van der Waals surface area (Å²) in [6.07, 6.45) is 0. The molecule has 17 heavy (non-hydrogen) atoms. The molecule has 0 aliphatic heterocycles. The summed E-state index contributed by atoms with van der Waals surface area (Å²) in [6, 6.07) is 4.52. The third kappa shape index (κ3) is 4.07. The molecular weight excluding hydrogens is 288 g/mol. The van der Waals surface area contributed by atoms with Crippen LogP contribution in [-0.2, 0) is 4.79 Å². The van der Waals surface area contributed by atoms with Gasteiger partial charge in [-0.1, -0.05) is 15.9 Å². The Hall–Kier alpha value is -1.56. The number of phenolic OH excluding ortho intramolecular Hbond substituents is 1. The standard InChI is InChI=1S/C11H13BrN2O3/c1-2-13-10(16)6-14-11(17)8-5-7(12)3-4-9(8)15/h3-5,15H,2,6H2,1H3,(H,13,16)(H,14,17). The predicted octanol–water partition coefficient (Wildman–Crippen LogP) is 1.02. The number of aromatic hydroxyl groups is 1. The summed E-state index contributed by atoms with van der Waals surface area (Å²) in [4.78, 5) is 22.8. The third-order valence-corrected chi connectivity index (χ3v) is 2.48. The van der Waals surface area contributed by atoms with Gasteiger partial charge in [0.1, 0.15) is 5.75 Å². The van der Waals surface area contributed by atoms with E-state index in [4.69, 9.17) is 0 Å². The first-order chi connectivity index (χ1) is 8.04. The topological polar surface area (TPSA) is 78.4 Å². The average Bonchev–Trinajstić information content (AvgIpc) is 2.29. The number of amides is 2. The lowest BCUT2D eigenvalue weighted by atomic mass is 10.2. The van der Waals surface area contributed by atoms with Gasteiger partial charge in [-0.05, 0) is 25.1 Å². The smallest absolute Gasteiger partial charge is 0.255 e. The second-order valence-corrected chi connectivity index (χ2v) is 4.21. The van der Waals surface area contributed by atoms with Crippen LogP contribution in [0, 0.1) is 0 Å². The van der Waals surface area contributed by atoms with Gasteiger partial charge in [-0.3, -0.25) is 9.59 Å². The van der Waals surface area contributed by atoms with Crippen molar-refractivity contribution < 1.29 is 14.7 Å². The molecule has 6 heteroatoms. The number of rotatable bonds is 4. The molecule has 5 nitrogen and oxygen atoms in total. The van der Waals surface area contributed by atoms with Gasteiger partial charge in [-0.25, -0.2) is 0 Å².